The summed E-state index contributed by atoms with van der Waals surface area (Å²) in [5.74, 6) is 1.24. The molecule has 0 radical (unpaired) electrons. The van der Waals surface area contributed by atoms with Crippen LogP contribution in [0.5, 0.6) is 0 Å². The van der Waals surface area contributed by atoms with Crippen LogP contribution in [0.4, 0.5) is 0 Å². The molecule has 96 valence electrons. The lowest BCUT2D eigenvalue weighted by atomic mass is 10.1. The molecule has 2 rings (SSSR count). The second-order valence-electron chi connectivity index (χ2n) is 4.40. The van der Waals surface area contributed by atoms with Crippen LogP contribution in [0.2, 0.25) is 0 Å². The van der Waals surface area contributed by atoms with E-state index in [1.54, 1.807) is 0 Å². The summed E-state index contributed by atoms with van der Waals surface area (Å²) in [7, 11) is 1.93. The van der Waals surface area contributed by atoms with E-state index in [2.05, 4.69) is 26.5 Å². The monoisotopic (exact) mass is 246 g/mol. The predicted octanol–water partition coefficient (Wildman–Crippen LogP) is 1.90. The Morgan fingerprint density at radius 2 is 2.17 bits per heavy atom. The Morgan fingerprint density at radius 1 is 1.33 bits per heavy atom. The first-order valence-electron chi connectivity index (χ1n) is 6.11. The highest BCUT2D eigenvalue weighted by Crippen LogP contribution is 2.18. The minimum absolute atomic E-state index is 0.576. The van der Waals surface area contributed by atoms with Crippen LogP contribution in [0.15, 0.2) is 16.8 Å². The molecule has 0 fully saturated rings. The van der Waals surface area contributed by atoms with Gasteiger partial charge in [-0.25, -0.2) is 0 Å². The molecule has 5 nitrogen and oxygen atoms in total. The number of hydrogen-bond acceptors (Lipinski definition) is 5. The first-order chi connectivity index (χ1) is 8.70. The van der Waals surface area contributed by atoms with Crippen LogP contribution in [0.25, 0.3) is 11.5 Å². The average Bonchev–Trinajstić information content (AvgIpc) is 2.78. The smallest absolute Gasteiger partial charge is 0.227 e. The summed E-state index contributed by atoms with van der Waals surface area (Å²) in [6.45, 7) is 4.97. The molecule has 0 aliphatic carbocycles. The van der Waals surface area contributed by atoms with E-state index in [1.807, 2.05) is 27.1 Å². The zero-order chi connectivity index (χ0) is 13.0. The fourth-order valence-electron chi connectivity index (χ4n) is 1.82. The molecule has 1 N–H and O–H groups in total. The SMILES string of the molecule is CNCCCc1nc(-c2ncc(C)cc2C)no1. The zero-order valence-electron chi connectivity index (χ0n) is 11.0. The van der Waals surface area contributed by atoms with Crippen molar-refractivity contribution in [2.24, 2.45) is 0 Å². The minimum atomic E-state index is 0.576. The molecule has 0 saturated heterocycles. The van der Waals surface area contributed by atoms with Gasteiger partial charge in [0, 0.05) is 12.6 Å². The van der Waals surface area contributed by atoms with Gasteiger partial charge in [0.2, 0.25) is 11.7 Å². The van der Waals surface area contributed by atoms with Gasteiger partial charge in [0.1, 0.15) is 5.69 Å². The first kappa shape index (κ1) is 12.7. The molecular weight excluding hydrogens is 228 g/mol. The number of nitrogens with one attached hydrogen (secondary N) is 1. The summed E-state index contributed by atoms with van der Waals surface area (Å²) in [5, 5.41) is 7.08. The highest BCUT2D eigenvalue weighted by molar-refractivity contribution is 5.53. The van der Waals surface area contributed by atoms with Crippen LogP contribution in [-0.4, -0.2) is 28.7 Å². The van der Waals surface area contributed by atoms with Gasteiger partial charge in [-0.15, -0.1) is 0 Å². The van der Waals surface area contributed by atoms with E-state index in [1.165, 1.54) is 0 Å². The van der Waals surface area contributed by atoms with Crippen molar-refractivity contribution < 1.29 is 4.52 Å². The molecule has 0 aliphatic rings. The van der Waals surface area contributed by atoms with Crippen LogP contribution >= 0.6 is 0 Å². The maximum Gasteiger partial charge on any atom is 0.227 e. The summed E-state index contributed by atoms with van der Waals surface area (Å²) < 4.78 is 5.22. The molecule has 0 spiro atoms. The van der Waals surface area contributed by atoms with Crippen LogP contribution in [-0.2, 0) is 6.42 Å². The summed E-state index contributed by atoms with van der Waals surface area (Å²) in [6.07, 6.45) is 3.59. The van der Waals surface area contributed by atoms with Gasteiger partial charge in [0.15, 0.2) is 0 Å². The van der Waals surface area contributed by atoms with Crippen molar-refractivity contribution in [3.8, 4) is 11.5 Å². The number of aromatic nitrogens is 3. The summed E-state index contributed by atoms with van der Waals surface area (Å²) in [6, 6.07) is 2.07. The van der Waals surface area contributed by atoms with E-state index < -0.39 is 0 Å². The van der Waals surface area contributed by atoms with Gasteiger partial charge in [0.25, 0.3) is 0 Å². The second kappa shape index (κ2) is 5.73. The molecule has 0 atom stereocenters. The van der Waals surface area contributed by atoms with Gasteiger partial charge < -0.3 is 9.84 Å². The highest BCUT2D eigenvalue weighted by Gasteiger charge is 2.11. The van der Waals surface area contributed by atoms with Gasteiger partial charge >= 0.3 is 0 Å². The highest BCUT2D eigenvalue weighted by atomic mass is 16.5. The lowest BCUT2D eigenvalue weighted by Crippen LogP contribution is -2.08. The topological polar surface area (TPSA) is 63.8 Å². The van der Waals surface area contributed by atoms with Gasteiger partial charge in [-0.1, -0.05) is 11.2 Å². The molecule has 2 aromatic rings. The fourth-order valence-corrected chi connectivity index (χ4v) is 1.82. The molecular formula is C13H18N4O. The van der Waals surface area contributed by atoms with Crippen LogP contribution < -0.4 is 5.32 Å². The van der Waals surface area contributed by atoms with Crippen molar-refractivity contribution in [1.29, 1.82) is 0 Å². The molecule has 0 aromatic carbocycles. The van der Waals surface area contributed by atoms with Crippen molar-refractivity contribution in [2.45, 2.75) is 26.7 Å². The maximum atomic E-state index is 5.22. The van der Waals surface area contributed by atoms with Crippen molar-refractivity contribution >= 4 is 0 Å². The second-order valence-corrected chi connectivity index (χ2v) is 4.40. The van der Waals surface area contributed by atoms with E-state index in [0.29, 0.717) is 11.7 Å². The minimum Gasteiger partial charge on any atom is -0.339 e. The number of hydrogen-bond donors (Lipinski definition) is 1. The molecule has 0 bridgehead atoms. The van der Waals surface area contributed by atoms with Crippen LogP contribution in [0, 0.1) is 13.8 Å². The summed E-state index contributed by atoms with van der Waals surface area (Å²) >= 11 is 0. The average molecular weight is 246 g/mol. The quantitative estimate of drug-likeness (QED) is 0.816. The number of rotatable bonds is 5. The van der Waals surface area contributed by atoms with Gasteiger partial charge in [-0.05, 0) is 45.0 Å². The van der Waals surface area contributed by atoms with E-state index >= 15 is 0 Å². The standard InChI is InChI=1S/C13H18N4O/c1-9-7-10(2)12(15-8-9)13-16-11(18-17-13)5-4-6-14-3/h7-8,14H,4-6H2,1-3H3. The Balaban J connectivity index is 2.13. The van der Waals surface area contributed by atoms with E-state index in [4.69, 9.17) is 4.52 Å². The maximum absolute atomic E-state index is 5.22. The molecule has 0 saturated carbocycles. The first-order valence-corrected chi connectivity index (χ1v) is 6.11. The number of aryl methyl sites for hydroxylation is 3. The van der Waals surface area contributed by atoms with Gasteiger partial charge in [-0.3, -0.25) is 4.98 Å². The Hall–Kier alpha value is -1.75. The van der Waals surface area contributed by atoms with Gasteiger partial charge in [0.05, 0.1) is 0 Å². The van der Waals surface area contributed by atoms with E-state index in [9.17, 15) is 0 Å². The Morgan fingerprint density at radius 3 is 2.89 bits per heavy atom. The van der Waals surface area contributed by atoms with Crippen molar-refractivity contribution in [1.82, 2.24) is 20.4 Å². The van der Waals surface area contributed by atoms with Crippen molar-refractivity contribution in [3.05, 3.63) is 29.3 Å². The Bertz CT molecular complexity index is 521. The lowest BCUT2D eigenvalue weighted by Gasteiger charge is -2.00. The normalized spacial score (nSPS) is 10.8. The third-order valence-electron chi connectivity index (χ3n) is 2.71. The van der Waals surface area contributed by atoms with Crippen LogP contribution in [0.3, 0.4) is 0 Å². The Kier molecular flexibility index (Phi) is 4.04. The molecule has 0 amide bonds. The van der Waals surface area contributed by atoms with Crippen molar-refractivity contribution in [3.63, 3.8) is 0 Å². The van der Waals surface area contributed by atoms with Crippen molar-refractivity contribution in [2.75, 3.05) is 13.6 Å². The Labute approximate surface area is 107 Å². The summed E-state index contributed by atoms with van der Waals surface area (Å²) in [5.41, 5.74) is 3.00. The summed E-state index contributed by atoms with van der Waals surface area (Å²) in [4.78, 5) is 8.74. The predicted molar refractivity (Wildman–Crippen MR) is 69.3 cm³/mol. The molecule has 0 aliphatic heterocycles. The molecule has 2 heterocycles. The molecule has 18 heavy (non-hydrogen) atoms. The molecule has 2 aromatic heterocycles. The molecule has 0 unspecified atom stereocenters. The lowest BCUT2D eigenvalue weighted by molar-refractivity contribution is 0.375. The molecule has 5 heteroatoms. The largest absolute Gasteiger partial charge is 0.339 e. The van der Waals surface area contributed by atoms with E-state index in [0.717, 1.165) is 36.2 Å². The van der Waals surface area contributed by atoms with Gasteiger partial charge in [-0.2, -0.15) is 4.98 Å². The number of nitrogens with zero attached hydrogens (tertiary/aromatic N) is 3. The zero-order valence-corrected chi connectivity index (χ0v) is 11.0. The fraction of sp³-hybridized carbons (Fsp3) is 0.462. The van der Waals surface area contributed by atoms with Crippen LogP contribution in [0.1, 0.15) is 23.4 Å². The third kappa shape index (κ3) is 2.92. The van der Waals surface area contributed by atoms with E-state index in [-0.39, 0.29) is 0 Å². The third-order valence-corrected chi connectivity index (χ3v) is 2.71. The number of pyridine rings is 1.